The highest BCUT2D eigenvalue weighted by Gasteiger charge is 2.23. The summed E-state index contributed by atoms with van der Waals surface area (Å²) < 4.78 is 1.67. The Kier molecular flexibility index (Phi) is 9.09. The molecule has 35 heavy (non-hydrogen) atoms. The zero-order chi connectivity index (χ0) is 25.5. The van der Waals surface area contributed by atoms with Crippen LogP contribution in [-0.4, -0.2) is 45.1 Å². The van der Waals surface area contributed by atoms with Crippen LogP contribution in [0.5, 0.6) is 0 Å². The first-order valence-corrected chi connectivity index (χ1v) is 12.9. The zero-order valence-electron chi connectivity index (χ0n) is 21.1. The normalized spacial score (nSPS) is 12.1. The van der Waals surface area contributed by atoms with Gasteiger partial charge in [0.2, 0.25) is 11.8 Å². The van der Waals surface area contributed by atoms with E-state index in [1.807, 2.05) is 49.4 Å². The van der Waals surface area contributed by atoms with Crippen molar-refractivity contribution in [2.45, 2.75) is 57.5 Å². The zero-order valence-corrected chi connectivity index (χ0v) is 21.9. The monoisotopic (exact) mass is 494 g/mol. The van der Waals surface area contributed by atoms with Gasteiger partial charge >= 0.3 is 0 Å². The molecule has 0 unspecified atom stereocenters. The fraction of sp³-hybridized carbons (Fsp3) is 0.407. The Morgan fingerprint density at radius 3 is 2.49 bits per heavy atom. The average molecular weight is 495 g/mol. The van der Waals surface area contributed by atoms with E-state index < -0.39 is 5.25 Å². The summed E-state index contributed by atoms with van der Waals surface area (Å²) in [7, 11) is 1.62. The predicted molar refractivity (Wildman–Crippen MR) is 143 cm³/mol. The predicted octanol–water partition coefficient (Wildman–Crippen LogP) is 4.58. The molecule has 2 amide bonds. The minimum atomic E-state index is -0.519. The van der Waals surface area contributed by atoms with Gasteiger partial charge in [-0.3, -0.25) is 19.0 Å². The van der Waals surface area contributed by atoms with Crippen LogP contribution in [0.15, 0.2) is 58.5 Å². The maximum Gasteiger partial charge on any atom is 0.262 e. The second-order valence-corrected chi connectivity index (χ2v) is 10.4. The van der Waals surface area contributed by atoms with Gasteiger partial charge < -0.3 is 10.2 Å². The molecular weight excluding hydrogens is 460 g/mol. The molecule has 1 aromatic heterocycles. The molecule has 0 saturated carbocycles. The third-order valence-electron chi connectivity index (χ3n) is 5.82. The molecule has 7 nitrogen and oxygen atoms in total. The van der Waals surface area contributed by atoms with Gasteiger partial charge in [0.1, 0.15) is 0 Å². The number of thioether (sulfide) groups is 1. The molecular formula is C27H34N4O3S. The highest BCUT2D eigenvalue weighted by molar-refractivity contribution is 8.00. The first kappa shape index (κ1) is 26.5. The number of para-hydroxylation sites is 2. The molecule has 0 aliphatic rings. The smallest absolute Gasteiger partial charge is 0.262 e. The first-order chi connectivity index (χ1) is 16.7. The lowest BCUT2D eigenvalue weighted by Gasteiger charge is -2.22. The fourth-order valence-electron chi connectivity index (χ4n) is 3.77. The number of amides is 2. The Morgan fingerprint density at radius 2 is 1.77 bits per heavy atom. The summed E-state index contributed by atoms with van der Waals surface area (Å²) in [6.45, 7) is 8.50. The van der Waals surface area contributed by atoms with E-state index in [1.165, 1.54) is 16.7 Å². The third-order valence-corrected chi connectivity index (χ3v) is 6.89. The second-order valence-electron chi connectivity index (χ2n) is 9.06. The van der Waals surface area contributed by atoms with Gasteiger partial charge in [-0.1, -0.05) is 62.9 Å². The Bertz CT molecular complexity index is 1250. The quantitative estimate of drug-likeness (QED) is 0.329. The van der Waals surface area contributed by atoms with Crippen LogP contribution in [0.1, 0.15) is 39.7 Å². The molecule has 186 valence electrons. The molecule has 0 saturated heterocycles. The number of benzene rings is 2. The molecule has 0 aliphatic heterocycles. The number of aryl methyl sites for hydroxylation is 1. The topological polar surface area (TPSA) is 84.3 Å². The van der Waals surface area contributed by atoms with Crippen LogP contribution < -0.4 is 10.9 Å². The lowest BCUT2D eigenvalue weighted by Crippen LogP contribution is -2.39. The highest BCUT2D eigenvalue weighted by Crippen LogP contribution is 2.24. The average Bonchev–Trinajstić information content (AvgIpc) is 2.83. The van der Waals surface area contributed by atoms with Gasteiger partial charge in [0.15, 0.2) is 5.16 Å². The number of anilines is 1. The number of hydrogen-bond donors (Lipinski definition) is 1. The summed E-state index contributed by atoms with van der Waals surface area (Å²) in [4.78, 5) is 45.0. The van der Waals surface area contributed by atoms with Crippen LogP contribution in [0.3, 0.4) is 0 Å². The SMILES string of the molecule is CCc1ccccc1NC(=O)CN(C)C(=O)[C@@H](C)Sc1nc2ccccc2c(=O)n1CCC(C)C. The van der Waals surface area contributed by atoms with Crippen molar-refractivity contribution in [2.24, 2.45) is 5.92 Å². The van der Waals surface area contributed by atoms with E-state index in [0.29, 0.717) is 28.5 Å². The number of carbonyl (C=O) groups excluding carboxylic acids is 2. The van der Waals surface area contributed by atoms with Gasteiger partial charge in [-0.05, 0) is 49.4 Å². The molecule has 0 fully saturated rings. The van der Waals surface area contributed by atoms with E-state index in [1.54, 1.807) is 24.6 Å². The van der Waals surface area contributed by atoms with E-state index >= 15 is 0 Å². The summed E-state index contributed by atoms with van der Waals surface area (Å²) in [6, 6.07) is 14.9. The van der Waals surface area contributed by atoms with E-state index in [-0.39, 0.29) is 23.9 Å². The molecule has 0 aliphatic carbocycles. The second kappa shape index (κ2) is 12.0. The molecule has 0 radical (unpaired) electrons. The maximum absolute atomic E-state index is 13.2. The van der Waals surface area contributed by atoms with Crippen LogP contribution in [0, 0.1) is 5.92 Å². The van der Waals surface area contributed by atoms with Crippen molar-refractivity contribution >= 4 is 40.2 Å². The lowest BCUT2D eigenvalue weighted by atomic mass is 10.1. The third kappa shape index (κ3) is 6.72. The van der Waals surface area contributed by atoms with Crippen molar-refractivity contribution in [1.29, 1.82) is 0 Å². The van der Waals surface area contributed by atoms with Crippen LogP contribution in [0.25, 0.3) is 10.9 Å². The maximum atomic E-state index is 13.2. The summed E-state index contributed by atoms with van der Waals surface area (Å²) in [5.74, 6) is -0.0314. The largest absolute Gasteiger partial charge is 0.335 e. The van der Waals surface area contributed by atoms with Crippen molar-refractivity contribution < 1.29 is 9.59 Å². The number of nitrogens with one attached hydrogen (secondary N) is 1. The number of rotatable bonds is 10. The number of likely N-dealkylation sites (N-methyl/N-ethyl adjacent to an activating group) is 1. The van der Waals surface area contributed by atoms with Gasteiger partial charge in [0, 0.05) is 19.3 Å². The number of nitrogens with zero attached hydrogens (tertiary/aromatic N) is 3. The number of hydrogen-bond acceptors (Lipinski definition) is 5. The molecule has 1 heterocycles. The summed E-state index contributed by atoms with van der Waals surface area (Å²) >= 11 is 1.25. The Morgan fingerprint density at radius 1 is 1.09 bits per heavy atom. The van der Waals surface area contributed by atoms with Crippen LogP contribution in [-0.2, 0) is 22.6 Å². The summed E-state index contributed by atoms with van der Waals surface area (Å²) in [6.07, 6.45) is 1.63. The van der Waals surface area contributed by atoms with Gasteiger partial charge in [0.25, 0.3) is 5.56 Å². The molecule has 0 bridgehead atoms. The Labute approximate surface area is 210 Å². The Hall–Kier alpha value is -3.13. The van der Waals surface area contributed by atoms with Gasteiger partial charge in [-0.25, -0.2) is 4.98 Å². The van der Waals surface area contributed by atoms with Crippen LogP contribution >= 0.6 is 11.8 Å². The van der Waals surface area contributed by atoms with Crippen LogP contribution in [0.4, 0.5) is 5.69 Å². The minimum absolute atomic E-state index is 0.0624. The van der Waals surface area contributed by atoms with Crippen molar-refractivity contribution in [3.05, 3.63) is 64.4 Å². The number of carbonyl (C=O) groups is 2. The van der Waals surface area contributed by atoms with Crippen LogP contribution in [0.2, 0.25) is 0 Å². The number of aromatic nitrogens is 2. The molecule has 1 atom stereocenters. The molecule has 1 N–H and O–H groups in total. The Balaban J connectivity index is 1.74. The van der Waals surface area contributed by atoms with Crippen molar-refractivity contribution in [1.82, 2.24) is 14.5 Å². The van der Waals surface area contributed by atoms with Crippen molar-refractivity contribution in [3.63, 3.8) is 0 Å². The van der Waals surface area contributed by atoms with Crippen molar-refractivity contribution in [2.75, 3.05) is 18.9 Å². The van der Waals surface area contributed by atoms with Gasteiger partial charge in [-0.15, -0.1) is 0 Å². The molecule has 0 spiro atoms. The van der Waals surface area contributed by atoms with Gasteiger partial charge in [0.05, 0.1) is 22.7 Å². The molecule has 2 aromatic carbocycles. The molecule has 3 rings (SSSR count). The number of fused-ring (bicyclic) bond motifs is 1. The molecule has 8 heteroatoms. The van der Waals surface area contributed by atoms with E-state index in [9.17, 15) is 14.4 Å². The summed E-state index contributed by atoms with van der Waals surface area (Å²) in [5.41, 5.74) is 2.32. The standard InChI is InChI=1S/C27H34N4O3S/c1-6-20-11-7-9-13-22(20)28-24(32)17-30(5)25(33)19(4)35-27-29-23-14-10-8-12-21(23)26(34)31(27)16-15-18(2)3/h7-14,18-19H,6,15-17H2,1-5H3,(H,28,32)/t19-/m1/s1. The highest BCUT2D eigenvalue weighted by atomic mass is 32.2. The first-order valence-electron chi connectivity index (χ1n) is 12.0. The van der Waals surface area contributed by atoms with Gasteiger partial charge in [-0.2, -0.15) is 0 Å². The van der Waals surface area contributed by atoms with Crippen molar-refractivity contribution in [3.8, 4) is 0 Å². The van der Waals surface area contributed by atoms with E-state index in [2.05, 4.69) is 19.2 Å². The lowest BCUT2D eigenvalue weighted by molar-refractivity contribution is -0.132. The summed E-state index contributed by atoms with van der Waals surface area (Å²) in [5, 5.41) is 3.47. The minimum Gasteiger partial charge on any atom is -0.335 e. The van der Waals surface area contributed by atoms with E-state index in [4.69, 9.17) is 4.98 Å². The fourth-order valence-corrected chi connectivity index (χ4v) is 4.82. The van der Waals surface area contributed by atoms with E-state index in [0.717, 1.165) is 24.1 Å². The molecule has 3 aromatic rings.